The van der Waals surface area contributed by atoms with Gasteiger partial charge in [-0.2, -0.15) is 0 Å². The molecule has 2 atom stereocenters. The highest BCUT2D eigenvalue weighted by Gasteiger charge is 2.28. The second-order valence-corrected chi connectivity index (χ2v) is 7.08. The standard InChI is InChI=1S/C13H19F2NO2S/c1-13(2,3)19(17)16-11(12(14)15)9-5-7-10(18-4)8-6-9/h5-8,11-12,16H,1-4H3/t11-,19?/m0/s1. The van der Waals surface area contributed by atoms with E-state index in [0.29, 0.717) is 11.3 Å². The van der Waals surface area contributed by atoms with E-state index < -0.39 is 28.2 Å². The van der Waals surface area contributed by atoms with Gasteiger partial charge >= 0.3 is 0 Å². The van der Waals surface area contributed by atoms with Crippen LogP contribution in [0.3, 0.4) is 0 Å². The van der Waals surface area contributed by atoms with E-state index in [4.69, 9.17) is 4.74 Å². The monoisotopic (exact) mass is 291 g/mol. The number of alkyl halides is 2. The molecule has 0 heterocycles. The Morgan fingerprint density at radius 2 is 1.74 bits per heavy atom. The first-order valence-corrected chi connectivity index (χ1v) is 7.01. The molecule has 6 heteroatoms. The van der Waals surface area contributed by atoms with Crippen molar-refractivity contribution in [2.24, 2.45) is 0 Å². The van der Waals surface area contributed by atoms with Crippen LogP contribution in [0.25, 0.3) is 0 Å². The van der Waals surface area contributed by atoms with Gasteiger partial charge in [0.15, 0.2) is 0 Å². The van der Waals surface area contributed by atoms with Gasteiger partial charge in [0.2, 0.25) is 0 Å². The lowest BCUT2D eigenvalue weighted by molar-refractivity contribution is 0.109. The Labute approximate surface area is 114 Å². The van der Waals surface area contributed by atoms with Crippen LogP contribution in [0, 0.1) is 0 Å². The molecular formula is C13H19F2NO2S. The van der Waals surface area contributed by atoms with Gasteiger partial charge in [0.05, 0.1) is 22.8 Å². The Morgan fingerprint density at radius 1 is 1.21 bits per heavy atom. The maximum absolute atomic E-state index is 13.1. The lowest BCUT2D eigenvalue weighted by Gasteiger charge is -2.24. The summed E-state index contributed by atoms with van der Waals surface area (Å²) >= 11 is 0. The highest BCUT2D eigenvalue weighted by atomic mass is 32.2. The summed E-state index contributed by atoms with van der Waals surface area (Å²) in [4.78, 5) is 0. The molecule has 0 aliphatic heterocycles. The van der Waals surface area contributed by atoms with Crippen molar-refractivity contribution in [1.29, 1.82) is 0 Å². The number of benzene rings is 1. The molecule has 0 radical (unpaired) electrons. The summed E-state index contributed by atoms with van der Waals surface area (Å²) in [5, 5.41) is 0. The summed E-state index contributed by atoms with van der Waals surface area (Å²) < 4.78 is 45.0. The van der Waals surface area contributed by atoms with Gasteiger partial charge < -0.3 is 4.74 Å². The maximum atomic E-state index is 13.1. The minimum Gasteiger partial charge on any atom is -0.497 e. The van der Waals surface area contributed by atoms with Crippen LogP contribution in [0.15, 0.2) is 24.3 Å². The van der Waals surface area contributed by atoms with Crippen molar-refractivity contribution in [3.63, 3.8) is 0 Å². The van der Waals surface area contributed by atoms with Crippen molar-refractivity contribution in [1.82, 2.24) is 4.72 Å². The van der Waals surface area contributed by atoms with Crippen molar-refractivity contribution in [3.05, 3.63) is 29.8 Å². The third-order valence-corrected chi connectivity index (χ3v) is 4.10. The van der Waals surface area contributed by atoms with Gasteiger partial charge in [-0.1, -0.05) is 12.1 Å². The molecule has 0 aromatic heterocycles. The van der Waals surface area contributed by atoms with Crippen LogP contribution in [0.5, 0.6) is 5.75 Å². The highest BCUT2D eigenvalue weighted by molar-refractivity contribution is 7.84. The Bertz CT molecular complexity index is 429. The number of hydrogen-bond donors (Lipinski definition) is 1. The van der Waals surface area contributed by atoms with E-state index in [1.165, 1.54) is 7.11 Å². The Hall–Kier alpha value is -1.01. The zero-order valence-electron chi connectivity index (χ0n) is 11.4. The topological polar surface area (TPSA) is 38.3 Å². The average Bonchev–Trinajstić information content (AvgIpc) is 2.34. The van der Waals surface area contributed by atoms with Gasteiger partial charge in [-0.15, -0.1) is 0 Å². The molecule has 108 valence electrons. The Kier molecular flexibility index (Phi) is 5.43. The predicted octanol–water partition coefficient (Wildman–Crippen LogP) is 3.05. The average molecular weight is 291 g/mol. The number of halogens is 2. The normalized spacial score (nSPS) is 15.3. The number of ether oxygens (including phenoxy) is 1. The lowest BCUT2D eigenvalue weighted by Crippen LogP contribution is -2.38. The summed E-state index contributed by atoms with van der Waals surface area (Å²) in [5.74, 6) is 0.591. The van der Waals surface area contributed by atoms with E-state index in [-0.39, 0.29) is 0 Å². The first-order valence-electron chi connectivity index (χ1n) is 5.86. The quantitative estimate of drug-likeness (QED) is 0.905. The van der Waals surface area contributed by atoms with E-state index in [1.54, 1.807) is 45.0 Å². The number of methoxy groups -OCH3 is 1. The van der Waals surface area contributed by atoms with Crippen LogP contribution in [0.1, 0.15) is 32.4 Å². The third-order valence-electron chi connectivity index (χ3n) is 2.52. The van der Waals surface area contributed by atoms with Crippen molar-refractivity contribution >= 4 is 11.0 Å². The van der Waals surface area contributed by atoms with Crippen molar-refractivity contribution in [2.75, 3.05) is 7.11 Å². The number of hydrogen-bond acceptors (Lipinski definition) is 2. The van der Waals surface area contributed by atoms with E-state index in [2.05, 4.69) is 4.72 Å². The van der Waals surface area contributed by atoms with E-state index in [0.717, 1.165) is 0 Å². The largest absolute Gasteiger partial charge is 0.497 e. The number of nitrogens with one attached hydrogen (secondary N) is 1. The molecule has 0 amide bonds. The lowest BCUT2D eigenvalue weighted by atomic mass is 10.1. The van der Waals surface area contributed by atoms with Crippen LogP contribution >= 0.6 is 0 Å². The predicted molar refractivity (Wildman–Crippen MR) is 72.8 cm³/mol. The molecular weight excluding hydrogens is 272 g/mol. The van der Waals surface area contributed by atoms with Gasteiger partial charge in [-0.3, -0.25) is 0 Å². The second-order valence-electron chi connectivity index (χ2n) is 5.08. The van der Waals surface area contributed by atoms with Gasteiger partial charge in [0.1, 0.15) is 11.8 Å². The molecule has 0 saturated carbocycles. The van der Waals surface area contributed by atoms with Gasteiger partial charge in [-0.25, -0.2) is 17.7 Å². The fourth-order valence-corrected chi connectivity index (χ4v) is 2.19. The van der Waals surface area contributed by atoms with Gasteiger partial charge in [-0.05, 0) is 38.5 Å². The van der Waals surface area contributed by atoms with Crippen LogP contribution in [0.4, 0.5) is 8.78 Å². The van der Waals surface area contributed by atoms with Crippen LogP contribution in [0.2, 0.25) is 0 Å². The number of rotatable bonds is 5. The molecule has 0 aliphatic carbocycles. The smallest absolute Gasteiger partial charge is 0.258 e. The zero-order valence-corrected chi connectivity index (χ0v) is 12.3. The SMILES string of the molecule is COc1ccc([C@H](NS(=O)C(C)(C)C)C(F)F)cc1. The van der Waals surface area contributed by atoms with E-state index >= 15 is 0 Å². The second kappa shape index (κ2) is 6.43. The third kappa shape index (κ3) is 4.54. The molecule has 1 rings (SSSR count). The maximum Gasteiger partial charge on any atom is 0.258 e. The molecule has 1 aromatic rings. The van der Waals surface area contributed by atoms with Crippen LogP contribution in [-0.2, 0) is 11.0 Å². The highest BCUT2D eigenvalue weighted by Crippen LogP contribution is 2.25. The Balaban J connectivity index is 2.91. The molecule has 3 nitrogen and oxygen atoms in total. The first-order chi connectivity index (χ1) is 8.75. The Morgan fingerprint density at radius 3 is 2.11 bits per heavy atom. The summed E-state index contributed by atoms with van der Waals surface area (Å²) in [6.45, 7) is 5.19. The molecule has 0 saturated heterocycles. The van der Waals surface area contributed by atoms with Crippen LogP contribution < -0.4 is 9.46 Å². The summed E-state index contributed by atoms with van der Waals surface area (Å²) in [6.07, 6.45) is -2.64. The molecule has 1 N–H and O–H groups in total. The molecule has 19 heavy (non-hydrogen) atoms. The van der Waals surface area contributed by atoms with Crippen molar-refractivity contribution in [2.45, 2.75) is 38.0 Å². The van der Waals surface area contributed by atoms with E-state index in [1.807, 2.05) is 0 Å². The van der Waals surface area contributed by atoms with Crippen LogP contribution in [-0.4, -0.2) is 22.5 Å². The van der Waals surface area contributed by atoms with Gasteiger partial charge in [0, 0.05) is 0 Å². The molecule has 0 bridgehead atoms. The fraction of sp³-hybridized carbons (Fsp3) is 0.538. The molecule has 1 unspecified atom stereocenters. The summed E-state index contributed by atoms with van der Waals surface area (Å²) in [6, 6.07) is 5.04. The molecule has 0 aliphatic rings. The van der Waals surface area contributed by atoms with Crippen molar-refractivity contribution in [3.8, 4) is 5.75 Å². The molecule has 1 aromatic carbocycles. The molecule has 0 fully saturated rings. The first kappa shape index (κ1) is 16.0. The minimum absolute atomic E-state index is 0.383. The van der Waals surface area contributed by atoms with Gasteiger partial charge in [0.25, 0.3) is 6.43 Å². The fourth-order valence-electron chi connectivity index (χ4n) is 1.37. The zero-order chi connectivity index (χ0) is 14.6. The summed E-state index contributed by atoms with van der Waals surface area (Å²) in [5.41, 5.74) is 0.383. The molecule has 0 spiro atoms. The van der Waals surface area contributed by atoms with E-state index in [9.17, 15) is 13.0 Å². The van der Waals surface area contributed by atoms with Crippen molar-refractivity contribution < 1.29 is 17.7 Å². The summed E-state index contributed by atoms with van der Waals surface area (Å²) in [7, 11) is -0.0504. The minimum atomic E-state index is -2.64.